The van der Waals surface area contributed by atoms with Crippen molar-refractivity contribution in [2.45, 2.75) is 26.4 Å². The first-order valence-corrected chi connectivity index (χ1v) is 6.16. The van der Waals surface area contributed by atoms with Crippen molar-refractivity contribution in [2.24, 2.45) is 0 Å². The molecule has 2 aromatic carbocycles. The number of hydrogen-bond donors (Lipinski definition) is 1. The van der Waals surface area contributed by atoms with Gasteiger partial charge in [0, 0.05) is 6.42 Å². The van der Waals surface area contributed by atoms with E-state index in [1.807, 2.05) is 32.0 Å². The lowest BCUT2D eigenvalue weighted by molar-refractivity contribution is 0.176. The first-order chi connectivity index (χ1) is 8.97. The summed E-state index contributed by atoms with van der Waals surface area (Å²) in [6, 6.07) is 9.02. The standard InChI is InChI=1S/C16H16F2O/c1-10-3-4-11(2)14(7-10)16(19)9-12-8-13(17)5-6-15(12)18/h3-8,16,19H,9H2,1-2H3. The van der Waals surface area contributed by atoms with Crippen LogP contribution < -0.4 is 0 Å². The molecular weight excluding hydrogens is 246 g/mol. The Balaban J connectivity index is 2.27. The molecule has 0 heterocycles. The molecule has 0 aliphatic rings. The number of rotatable bonds is 3. The normalized spacial score (nSPS) is 12.5. The minimum atomic E-state index is -0.837. The van der Waals surface area contributed by atoms with Crippen LogP contribution in [0.3, 0.4) is 0 Å². The molecule has 1 atom stereocenters. The average molecular weight is 262 g/mol. The van der Waals surface area contributed by atoms with Crippen LogP contribution in [0.4, 0.5) is 8.78 Å². The van der Waals surface area contributed by atoms with Gasteiger partial charge in [-0.25, -0.2) is 8.78 Å². The van der Waals surface area contributed by atoms with Gasteiger partial charge >= 0.3 is 0 Å². The maximum atomic E-state index is 13.5. The smallest absolute Gasteiger partial charge is 0.126 e. The van der Waals surface area contributed by atoms with Gasteiger partial charge in [-0.3, -0.25) is 0 Å². The Morgan fingerprint density at radius 2 is 1.79 bits per heavy atom. The lowest BCUT2D eigenvalue weighted by Gasteiger charge is -2.15. The van der Waals surface area contributed by atoms with E-state index >= 15 is 0 Å². The summed E-state index contributed by atoms with van der Waals surface area (Å²) in [6.07, 6.45) is -0.773. The lowest BCUT2D eigenvalue weighted by atomic mass is 9.96. The van der Waals surface area contributed by atoms with Gasteiger partial charge < -0.3 is 5.11 Å². The molecule has 0 bridgehead atoms. The molecule has 100 valence electrons. The monoisotopic (exact) mass is 262 g/mol. The van der Waals surface area contributed by atoms with Crippen LogP contribution in [0.2, 0.25) is 0 Å². The highest BCUT2D eigenvalue weighted by Gasteiger charge is 2.14. The second kappa shape index (κ2) is 5.49. The Labute approximate surface area is 111 Å². The van der Waals surface area contributed by atoms with Gasteiger partial charge in [-0.2, -0.15) is 0 Å². The average Bonchev–Trinajstić information content (AvgIpc) is 2.36. The molecule has 1 unspecified atom stereocenters. The maximum absolute atomic E-state index is 13.5. The largest absolute Gasteiger partial charge is 0.388 e. The van der Waals surface area contributed by atoms with E-state index in [4.69, 9.17) is 0 Å². The molecule has 1 nitrogen and oxygen atoms in total. The van der Waals surface area contributed by atoms with Crippen molar-refractivity contribution in [2.75, 3.05) is 0 Å². The van der Waals surface area contributed by atoms with Gasteiger partial charge in [-0.15, -0.1) is 0 Å². The van der Waals surface area contributed by atoms with Crippen molar-refractivity contribution < 1.29 is 13.9 Å². The Bertz CT molecular complexity index is 593. The summed E-state index contributed by atoms with van der Waals surface area (Å²) < 4.78 is 26.6. The molecule has 0 aliphatic heterocycles. The van der Waals surface area contributed by atoms with E-state index in [2.05, 4.69) is 0 Å². The van der Waals surface area contributed by atoms with Crippen LogP contribution in [-0.4, -0.2) is 5.11 Å². The summed E-state index contributed by atoms with van der Waals surface area (Å²) in [7, 11) is 0. The van der Waals surface area contributed by atoms with Gasteiger partial charge in [0.15, 0.2) is 0 Å². The first kappa shape index (κ1) is 13.7. The van der Waals surface area contributed by atoms with Gasteiger partial charge in [0.1, 0.15) is 11.6 Å². The highest BCUT2D eigenvalue weighted by atomic mass is 19.1. The summed E-state index contributed by atoms with van der Waals surface area (Å²) in [4.78, 5) is 0. The minimum Gasteiger partial charge on any atom is -0.388 e. The van der Waals surface area contributed by atoms with Crippen molar-refractivity contribution in [3.63, 3.8) is 0 Å². The molecular formula is C16H16F2O. The molecule has 0 spiro atoms. The van der Waals surface area contributed by atoms with Crippen molar-refractivity contribution in [1.82, 2.24) is 0 Å². The highest BCUT2D eigenvalue weighted by Crippen LogP contribution is 2.24. The summed E-state index contributed by atoms with van der Waals surface area (Å²) in [6.45, 7) is 3.82. The SMILES string of the molecule is Cc1ccc(C)c(C(O)Cc2cc(F)ccc2F)c1. The van der Waals surface area contributed by atoms with Gasteiger partial charge in [-0.1, -0.05) is 23.8 Å². The van der Waals surface area contributed by atoms with Gasteiger partial charge in [-0.05, 0) is 48.7 Å². The van der Waals surface area contributed by atoms with Gasteiger partial charge in [0.05, 0.1) is 6.10 Å². The third kappa shape index (κ3) is 3.18. The fraction of sp³-hybridized carbons (Fsp3) is 0.250. The van der Waals surface area contributed by atoms with E-state index in [1.165, 1.54) is 0 Å². The number of halogens is 2. The molecule has 0 fully saturated rings. The molecule has 3 heteroatoms. The third-order valence-electron chi connectivity index (χ3n) is 3.21. The highest BCUT2D eigenvalue weighted by molar-refractivity contribution is 5.33. The molecule has 0 saturated heterocycles. The fourth-order valence-corrected chi connectivity index (χ4v) is 2.14. The Morgan fingerprint density at radius 3 is 2.53 bits per heavy atom. The summed E-state index contributed by atoms with van der Waals surface area (Å²) in [5.41, 5.74) is 2.91. The van der Waals surface area contributed by atoms with Crippen LogP contribution in [0.1, 0.15) is 28.4 Å². The van der Waals surface area contributed by atoms with E-state index in [9.17, 15) is 13.9 Å². The van der Waals surface area contributed by atoms with Crippen LogP contribution in [0.5, 0.6) is 0 Å². The predicted octanol–water partition coefficient (Wildman–Crippen LogP) is 3.86. The van der Waals surface area contributed by atoms with E-state index < -0.39 is 17.7 Å². The first-order valence-electron chi connectivity index (χ1n) is 6.16. The van der Waals surface area contributed by atoms with Gasteiger partial charge in [0.25, 0.3) is 0 Å². The predicted molar refractivity (Wildman–Crippen MR) is 70.9 cm³/mol. The molecule has 19 heavy (non-hydrogen) atoms. The fourth-order valence-electron chi connectivity index (χ4n) is 2.14. The zero-order chi connectivity index (χ0) is 14.0. The van der Waals surface area contributed by atoms with E-state index in [1.54, 1.807) is 0 Å². The second-order valence-corrected chi connectivity index (χ2v) is 4.82. The Hall–Kier alpha value is -1.74. The summed E-state index contributed by atoms with van der Waals surface area (Å²) >= 11 is 0. The van der Waals surface area contributed by atoms with Gasteiger partial charge in [0.2, 0.25) is 0 Å². The topological polar surface area (TPSA) is 20.2 Å². The molecule has 2 aromatic rings. The molecule has 0 saturated carbocycles. The summed E-state index contributed by atoms with van der Waals surface area (Å²) in [5, 5.41) is 10.2. The molecule has 1 N–H and O–H groups in total. The maximum Gasteiger partial charge on any atom is 0.126 e. The van der Waals surface area contributed by atoms with Crippen molar-refractivity contribution in [3.8, 4) is 0 Å². The van der Waals surface area contributed by atoms with E-state index in [-0.39, 0.29) is 12.0 Å². The lowest BCUT2D eigenvalue weighted by Crippen LogP contribution is -2.06. The van der Waals surface area contributed by atoms with Crippen LogP contribution in [-0.2, 0) is 6.42 Å². The van der Waals surface area contributed by atoms with Crippen LogP contribution in [0.15, 0.2) is 36.4 Å². The Morgan fingerprint density at radius 1 is 1.05 bits per heavy atom. The van der Waals surface area contributed by atoms with E-state index in [0.717, 1.165) is 34.9 Å². The zero-order valence-corrected chi connectivity index (χ0v) is 11.0. The molecule has 2 rings (SSSR count). The van der Waals surface area contributed by atoms with Crippen LogP contribution in [0.25, 0.3) is 0 Å². The van der Waals surface area contributed by atoms with Crippen LogP contribution >= 0.6 is 0 Å². The molecule has 0 aromatic heterocycles. The number of aliphatic hydroxyl groups excluding tert-OH is 1. The number of aliphatic hydroxyl groups is 1. The number of benzene rings is 2. The van der Waals surface area contributed by atoms with Crippen molar-refractivity contribution in [1.29, 1.82) is 0 Å². The third-order valence-corrected chi connectivity index (χ3v) is 3.21. The van der Waals surface area contributed by atoms with Crippen LogP contribution in [0, 0.1) is 25.5 Å². The quantitative estimate of drug-likeness (QED) is 0.890. The second-order valence-electron chi connectivity index (χ2n) is 4.82. The van der Waals surface area contributed by atoms with Crippen molar-refractivity contribution >= 4 is 0 Å². The molecule has 0 radical (unpaired) electrons. The van der Waals surface area contributed by atoms with Crippen molar-refractivity contribution in [3.05, 3.63) is 70.3 Å². The summed E-state index contributed by atoms with van der Waals surface area (Å²) in [5.74, 6) is -0.990. The minimum absolute atomic E-state index is 0.0634. The number of aryl methyl sites for hydroxylation is 2. The zero-order valence-electron chi connectivity index (χ0n) is 11.0. The number of hydrogen-bond acceptors (Lipinski definition) is 1. The van der Waals surface area contributed by atoms with E-state index in [0.29, 0.717) is 0 Å². The molecule has 0 amide bonds. The molecule has 0 aliphatic carbocycles. The Kier molecular flexibility index (Phi) is 3.96.